The summed E-state index contributed by atoms with van der Waals surface area (Å²) in [4.78, 5) is 14.6. The summed E-state index contributed by atoms with van der Waals surface area (Å²) in [7, 11) is 1.64. The lowest BCUT2D eigenvalue weighted by molar-refractivity contribution is -0.383. The van der Waals surface area contributed by atoms with Crippen molar-refractivity contribution in [3.63, 3.8) is 0 Å². The van der Waals surface area contributed by atoms with Gasteiger partial charge >= 0.3 is 0 Å². The molecule has 0 atom stereocenters. The van der Waals surface area contributed by atoms with Gasteiger partial charge in [-0.1, -0.05) is 6.07 Å². The Hall–Kier alpha value is -2.15. The van der Waals surface area contributed by atoms with Gasteiger partial charge in [-0.3, -0.25) is 10.1 Å². The van der Waals surface area contributed by atoms with Gasteiger partial charge in [-0.2, -0.15) is 0 Å². The molecule has 0 bridgehead atoms. The lowest BCUT2D eigenvalue weighted by atomic mass is 10.1. The van der Waals surface area contributed by atoms with Gasteiger partial charge in [0.2, 0.25) is 0 Å². The molecule has 0 saturated heterocycles. The van der Waals surface area contributed by atoms with E-state index in [1.807, 2.05) is 0 Å². The molecular formula is C10H10N4O2S. The molecule has 0 amide bonds. The minimum atomic E-state index is -0.426. The van der Waals surface area contributed by atoms with E-state index in [0.29, 0.717) is 22.1 Å². The molecule has 3 N–H and O–H groups in total. The maximum absolute atomic E-state index is 10.9. The Morgan fingerprint density at radius 3 is 2.82 bits per heavy atom. The molecule has 0 unspecified atom stereocenters. The van der Waals surface area contributed by atoms with Crippen LogP contribution in [0.3, 0.4) is 0 Å². The number of aromatic nitrogens is 1. The quantitative estimate of drug-likeness (QED) is 0.644. The lowest BCUT2D eigenvalue weighted by Gasteiger charge is -2.03. The number of benzene rings is 1. The number of nitrogens with one attached hydrogen (secondary N) is 1. The van der Waals surface area contributed by atoms with Crippen molar-refractivity contribution in [3.05, 3.63) is 33.7 Å². The molecule has 88 valence electrons. The minimum Gasteiger partial charge on any atom is -0.383 e. The predicted molar refractivity (Wildman–Crippen MR) is 68.2 cm³/mol. The van der Waals surface area contributed by atoms with Gasteiger partial charge in [0.15, 0.2) is 5.13 Å². The van der Waals surface area contributed by atoms with Crippen LogP contribution < -0.4 is 11.1 Å². The lowest BCUT2D eigenvalue weighted by Crippen LogP contribution is -1.96. The van der Waals surface area contributed by atoms with Gasteiger partial charge in [-0.05, 0) is 6.07 Å². The Labute approximate surface area is 101 Å². The summed E-state index contributed by atoms with van der Waals surface area (Å²) in [6.07, 6.45) is 0. The summed E-state index contributed by atoms with van der Waals surface area (Å²) in [5.41, 5.74) is 7.36. The van der Waals surface area contributed by atoms with Gasteiger partial charge in [0.25, 0.3) is 5.69 Å². The van der Waals surface area contributed by atoms with E-state index in [2.05, 4.69) is 10.3 Å². The van der Waals surface area contributed by atoms with Crippen LogP contribution in [-0.4, -0.2) is 17.0 Å². The summed E-state index contributed by atoms with van der Waals surface area (Å²) in [5.74, 6) is 0. The molecule has 0 aliphatic carbocycles. The number of nitro benzene ring substituents is 1. The van der Waals surface area contributed by atoms with E-state index in [9.17, 15) is 10.1 Å². The first kappa shape index (κ1) is 11.3. The number of nitrogens with two attached hydrogens (primary N) is 1. The largest absolute Gasteiger partial charge is 0.383 e. The second-order valence-corrected chi connectivity index (χ2v) is 4.20. The molecule has 7 heteroatoms. The Bertz CT molecular complexity index is 567. The molecule has 1 aromatic heterocycles. The summed E-state index contributed by atoms with van der Waals surface area (Å²) in [5, 5.41) is 15.9. The topological polar surface area (TPSA) is 94.1 Å². The van der Waals surface area contributed by atoms with E-state index in [-0.39, 0.29) is 5.69 Å². The van der Waals surface area contributed by atoms with E-state index in [4.69, 9.17) is 5.73 Å². The fourth-order valence-electron chi connectivity index (χ4n) is 1.47. The fourth-order valence-corrected chi connectivity index (χ4v) is 2.05. The highest BCUT2D eigenvalue weighted by molar-refractivity contribution is 7.13. The second-order valence-electron chi connectivity index (χ2n) is 3.31. The van der Waals surface area contributed by atoms with Crippen LogP contribution in [0.1, 0.15) is 0 Å². The number of hydrogen-bond donors (Lipinski definition) is 2. The molecule has 17 heavy (non-hydrogen) atoms. The zero-order valence-electron chi connectivity index (χ0n) is 9.01. The highest BCUT2D eigenvalue weighted by Crippen LogP contribution is 2.31. The molecule has 0 spiro atoms. The molecule has 0 aliphatic rings. The molecule has 0 saturated carbocycles. The third-order valence-electron chi connectivity index (χ3n) is 2.28. The third kappa shape index (κ3) is 2.18. The highest BCUT2D eigenvalue weighted by Gasteiger charge is 2.15. The van der Waals surface area contributed by atoms with Crippen molar-refractivity contribution >= 4 is 27.8 Å². The molecule has 0 aliphatic heterocycles. The minimum absolute atomic E-state index is 0.0246. The van der Waals surface area contributed by atoms with E-state index < -0.39 is 4.92 Å². The molecule has 2 aromatic rings. The first-order chi connectivity index (χ1) is 8.11. The first-order valence-corrected chi connectivity index (χ1v) is 5.67. The summed E-state index contributed by atoms with van der Waals surface area (Å²) in [6.45, 7) is 0. The Balaban J connectivity index is 2.50. The number of nitro groups is 1. The van der Waals surface area contributed by atoms with Crippen LogP contribution in [0, 0.1) is 10.1 Å². The number of hydrogen-bond acceptors (Lipinski definition) is 6. The van der Waals surface area contributed by atoms with Gasteiger partial charge in [0, 0.05) is 24.1 Å². The van der Waals surface area contributed by atoms with Crippen molar-refractivity contribution in [1.82, 2.24) is 4.98 Å². The Morgan fingerprint density at radius 2 is 2.29 bits per heavy atom. The van der Waals surface area contributed by atoms with Crippen molar-refractivity contribution in [2.75, 3.05) is 18.1 Å². The Morgan fingerprint density at radius 1 is 1.53 bits per heavy atom. The predicted octanol–water partition coefficient (Wildman–Crippen LogP) is 2.34. The Kier molecular flexibility index (Phi) is 2.92. The van der Waals surface area contributed by atoms with Crippen LogP contribution in [0.5, 0.6) is 0 Å². The highest BCUT2D eigenvalue weighted by atomic mass is 32.1. The van der Waals surface area contributed by atoms with E-state index in [1.165, 1.54) is 17.4 Å². The van der Waals surface area contributed by atoms with Crippen LogP contribution >= 0.6 is 11.3 Å². The zero-order chi connectivity index (χ0) is 12.4. The van der Waals surface area contributed by atoms with Crippen molar-refractivity contribution in [3.8, 4) is 11.3 Å². The molecular weight excluding hydrogens is 240 g/mol. The maximum atomic E-state index is 10.9. The number of nitrogens with zero attached hydrogens (tertiary/aromatic N) is 2. The maximum Gasteiger partial charge on any atom is 0.292 e. The molecule has 6 nitrogen and oxygen atoms in total. The van der Waals surface area contributed by atoms with Crippen molar-refractivity contribution in [2.24, 2.45) is 0 Å². The SMILES string of the molecule is CNc1ccc(-c2csc(N)n2)cc1[N+](=O)[O-]. The average molecular weight is 250 g/mol. The summed E-state index contributed by atoms with van der Waals surface area (Å²) < 4.78 is 0. The first-order valence-electron chi connectivity index (χ1n) is 4.79. The standard InChI is InChI=1S/C10H10N4O2S/c1-12-7-3-2-6(4-9(7)14(15)16)8-5-17-10(11)13-8/h2-5,12H,1H3,(H2,11,13). The van der Waals surface area contributed by atoms with Crippen LogP contribution in [-0.2, 0) is 0 Å². The second kappa shape index (κ2) is 4.38. The van der Waals surface area contributed by atoms with E-state index in [1.54, 1.807) is 24.6 Å². The summed E-state index contributed by atoms with van der Waals surface area (Å²) >= 11 is 1.30. The van der Waals surface area contributed by atoms with Gasteiger partial charge in [-0.25, -0.2) is 4.98 Å². The van der Waals surface area contributed by atoms with Crippen molar-refractivity contribution in [1.29, 1.82) is 0 Å². The van der Waals surface area contributed by atoms with Gasteiger partial charge in [-0.15, -0.1) is 11.3 Å². The fraction of sp³-hybridized carbons (Fsp3) is 0.100. The zero-order valence-corrected chi connectivity index (χ0v) is 9.82. The van der Waals surface area contributed by atoms with E-state index >= 15 is 0 Å². The molecule has 1 aromatic carbocycles. The molecule has 0 radical (unpaired) electrons. The number of thiazole rings is 1. The van der Waals surface area contributed by atoms with Crippen molar-refractivity contribution in [2.45, 2.75) is 0 Å². The average Bonchev–Trinajstić information content (AvgIpc) is 2.75. The van der Waals surface area contributed by atoms with Crippen molar-refractivity contribution < 1.29 is 4.92 Å². The molecule has 2 rings (SSSR count). The molecule has 0 fully saturated rings. The third-order valence-corrected chi connectivity index (χ3v) is 2.96. The summed E-state index contributed by atoms with van der Waals surface area (Å²) in [6, 6.07) is 4.91. The van der Waals surface area contributed by atoms with Crippen LogP contribution in [0.15, 0.2) is 23.6 Å². The van der Waals surface area contributed by atoms with Crippen LogP contribution in [0.25, 0.3) is 11.3 Å². The molecule has 1 heterocycles. The number of nitrogen functional groups attached to an aromatic ring is 1. The van der Waals surface area contributed by atoms with Gasteiger partial charge < -0.3 is 11.1 Å². The number of anilines is 2. The van der Waals surface area contributed by atoms with Crippen LogP contribution in [0.2, 0.25) is 0 Å². The normalized spacial score (nSPS) is 10.2. The van der Waals surface area contributed by atoms with Gasteiger partial charge in [0.1, 0.15) is 5.69 Å². The van der Waals surface area contributed by atoms with Gasteiger partial charge in [0.05, 0.1) is 10.6 Å². The number of rotatable bonds is 3. The smallest absolute Gasteiger partial charge is 0.292 e. The van der Waals surface area contributed by atoms with E-state index in [0.717, 1.165) is 0 Å². The van der Waals surface area contributed by atoms with Crippen LogP contribution in [0.4, 0.5) is 16.5 Å². The monoisotopic (exact) mass is 250 g/mol.